The normalized spacial score (nSPS) is 12.5. The number of nitrogens with one attached hydrogen (secondary N) is 1. The Morgan fingerprint density at radius 2 is 2.20 bits per heavy atom. The number of carbonyl (C=O) groups is 1. The van der Waals surface area contributed by atoms with Crippen LogP contribution in [0.15, 0.2) is 35.0 Å². The first-order valence-electron chi connectivity index (χ1n) is 6.13. The number of rotatable bonds is 3. The van der Waals surface area contributed by atoms with Crippen LogP contribution in [-0.2, 0) is 0 Å². The lowest BCUT2D eigenvalue weighted by atomic mass is 10.2. The second-order valence-corrected chi connectivity index (χ2v) is 6.32. The maximum absolute atomic E-state index is 12.1. The average Bonchev–Trinajstić information content (AvgIpc) is 3.07. The molecule has 0 saturated carbocycles. The van der Waals surface area contributed by atoms with Crippen LogP contribution < -0.4 is 11.1 Å². The van der Waals surface area contributed by atoms with Crippen molar-refractivity contribution in [2.24, 2.45) is 5.73 Å². The Kier molecular flexibility index (Phi) is 3.52. The minimum atomic E-state index is -0.206. The molecular weight excluding hydrogens is 290 g/mol. The third-order valence-corrected chi connectivity index (χ3v) is 4.80. The van der Waals surface area contributed by atoms with E-state index in [1.165, 1.54) is 16.0 Å². The van der Waals surface area contributed by atoms with Gasteiger partial charge in [0.15, 0.2) is 0 Å². The summed E-state index contributed by atoms with van der Waals surface area (Å²) in [5.74, 6) is -0.206. The van der Waals surface area contributed by atoms with Crippen molar-refractivity contribution in [1.29, 1.82) is 0 Å². The Morgan fingerprint density at radius 3 is 2.95 bits per heavy atom. The van der Waals surface area contributed by atoms with Crippen molar-refractivity contribution in [1.82, 2.24) is 4.98 Å². The molecule has 0 fully saturated rings. The van der Waals surface area contributed by atoms with Crippen LogP contribution >= 0.6 is 22.7 Å². The number of nitrogens with zero attached hydrogens (tertiary/aromatic N) is 1. The van der Waals surface area contributed by atoms with Crippen molar-refractivity contribution in [3.8, 4) is 0 Å². The van der Waals surface area contributed by atoms with Gasteiger partial charge in [-0.3, -0.25) is 4.79 Å². The third-order valence-electron chi connectivity index (χ3n) is 2.85. The summed E-state index contributed by atoms with van der Waals surface area (Å²) in [5.41, 5.74) is 6.93. The highest BCUT2D eigenvalue weighted by molar-refractivity contribution is 7.17. The molecule has 20 heavy (non-hydrogen) atoms. The Balaban J connectivity index is 1.80. The Bertz CT molecular complexity index is 760. The number of hydrogen-bond acceptors (Lipinski definition) is 5. The van der Waals surface area contributed by atoms with E-state index in [9.17, 15) is 4.79 Å². The SMILES string of the molecule is CC(N)c1nc(C(=O)Nc2ccc3sccc3c2)cs1. The monoisotopic (exact) mass is 303 g/mol. The summed E-state index contributed by atoms with van der Waals surface area (Å²) in [4.78, 5) is 16.4. The van der Waals surface area contributed by atoms with Crippen LogP contribution in [0, 0.1) is 0 Å². The molecule has 0 aliphatic heterocycles. The quantitative estimate of drug-likeness (QED) is 0.776. The van der Waals surface area contributed by atoms with Crippen molar-refractivity contribution < 1.29 is 4.79 Å². The van der Waals surface area contributed by atoms with E-state index in [1.807, 2.05) is 36.6 Å². The zero-order valence-electron chi connectivity index (χ0n) is 10.8. The maximum atomic E-state index is 12.1. The van der Waals surface area contributed by atoms with Crippen LogP contribution in [0.25, 0.3) is 10.1 Å². The van der Waals surface area contributed by atoms with Gasteiger partial charge in [-0.25, -0.2) is 4.98 Å². The molecule has 102 valence electrons. The molecule has 0 bridgehead atoms. The van der Waals surface area contributed by atoms with Crippen molar-refractivity contribution in [2.45, 2.75) is 13.0 Å². The van der Waals surface area contributed by atoms with Crippen molar-refractivity contribution in [3.05, 3.63) is 45.7 Å². The van der Waals surface area contributed by atoms with Gasteiger partial charge in [0.05, 0.1) is 6.04 Å². The standard InChI is InChI=1S/C14H13N3OS2/c1-8(15)14-17-11(7-20-14)13(18)16-10-2-3-12-9(6-10)4-5-19-12/h2-8H,15H2,1H3,(H,16,18). The molecular formula is C14H13N3OS2. The van der Waals surface area contributed by atoms with E-state index in [2.05, 4.69) is 10.3 Å². The fraction of sp³-hybridized carbons (Fsp3) is 0.143. The van der Waals surface area contributed by atoms with Gasteiger partial charge in [0, 0.05) is 15.8 Å². The molecule has 0 aliphatic rings. The van der Waals surface area contributed by atoms with Gasteiger partial charge >= 0.3 is 0 Å². The van der Waals surface area contributed by atoms with E-state index in [4.69, 9.17) is 5.73 Å². The first-order valence-corrected chi connectivity index (χ1v) is 7.89. The molecule has 0 radical (unpaired) electrons. The number of amides is 1. The summed E-state index contributed by atoms with van der Waals surface area (Å²) in [5, 5.41) is 8.52. The molecule has 0 spiro atoms. The molecule has 1 atom stereocenters. The minimum Gasteiger partial charge on any atom is -0.322 e. The number of thiazole rings is 1. The number of benzene rings is 1. The van der Waals surface area contributed by atoms with Crippen molar-refractivity contribution in [2.75, 3.05) is 5.32 Å². The van der Waals surface area contributed by atoms with Crippen LogP contribution in [0.3, 0.4) is 0 Å². The number of nitrogens with two attached hydrogens (primary N) is 1. The molecule has 1 unspecified atom stereocenters. The van der Waals surface area contributed by atoms with E-state index in [0.717, 1.165) is 16.1 Å². The zero-order valence-corrected chi connectivity index (χ0v) is 12.4. The summed E-state index contributed by atoms with van der Waals surface area (Å²) in [6.07, 6.45) is 0. The van der Waals surface area contributed by atoms with Crippen LogP contribution in [0.5, 0.6) is 0 Å². The molecule has 0 saturated heterocycles. The summed E-state index contributed by atoms with van der Waals surface area (Å²) in [6, 6.07) is 7.75. The fourth-order valence-electron chi connectivity index (χ4n) is 1.84. The number of thiophene rings is 1. The molecule has 6 heteroatoms. The second-order valence-electron chi connectivity index (χ2n) is 4.49. The number of aromatic nitrogens is 1. The summed E-state index contributed by atoms with van der Waals surface area (Å²) in [6.45, 7) is 1.85. The van der Waals surface area contributed by atoms with Gasteiger partial charge in [-0.2, -0.15) is 0 Å². The topological polar surface area (TPSA) is 68.0 Å². The van der Waals surface area contributed by atoms with Crippen LogP contribution in [0.2, 0.25) is 0 Å². The van der Waals surface area contributed by atoms with Gasteiger partial charge < -0.3 is 11.1 Å². The Hall–Kier alpha value is -1.76. The summed E-state index contributed by atoms with van der Waals surface area (Å²) >= 11 is 3.09. The van der Waals surface area contributed by atoms with Gasteiger partial charge in [-0.05, 0) is 42.0 Å². The van der Waals surface area contributed by atoms with Gasteiger partial charge in [0.25, 0.3) is 5.91 Å². The highest BCUT2D eigenvalue weighted by Crippen LogP contribution is 2.24. The van der Waals surface area contributed by atoms with Gasteiger partial charge in [-0.15, -0.1) is 22.7 Å². The molecule has 3 aromatic rings. The molecule has 2 heterocycles. The largest absolute Gasteiger partial charge is 0.322 e. The van der Waals surface area contributed by atoms with Gasteiger partial charge in [0.2, 0.25) is 0 Å². The Labute approximate surface area is 124 Å². The highest BCUT2D eigenvalue weighted by atomic mass is 32.1. The predicted molar refractivity (Wildman–Crippen MR) is 84.5 cm³/mol. The average molecular weight is 303 g/mol. The second kappa shape index (κ2) is 5.32. The van der Waals surface area contributed by atoms with Crippen LogP contribution in [0.4, 0.5) is 5.69 Å². The first kappa shape index (κ1) is 13.2. The number of anilines is 1. The fourth-order valence-corrected chi connectivity index (χ4v) is 3.37. The van der Waals surface area contributed by atoms with Crippen LogP contribution in [0.1, 0.15) is 28.5 Å². The first-order chi connectivity index (χ1) is 9.63. The highest BCUT2D eigenvalue weighted by Gasteiger charge is 2.13. The van der Waals surface area contributed by atoms with E-state index >= 15 is 0 Å². The van der Waals surface area contributed by atoms with Gasteiger partial charge in [0.1, 0.15) is 10.7 Å². The molecule has 4 nitrogen and oxygen atoms in total. The maximum Gasteiger partial charge on any atom is 0.275 e. The number of carbonyl (C=O) groups excluding carboxylic acids is 1. The van der Waals surface area contributed by atoms with Crippen molar-refractivity contribution in [3.63, 3.8) is 0 Å². The number of fused-ring (bicyclic) bond motifs is 1. The van der Waals surface area contributed by atoms with E-state index in [1.54, 1.807) is 16.7 Å². The summed E-state index contributed by atoms with van der Waals surface area (Å²) in [7, 11) is 0. The third kappa shape index (κ3) is 2.58. The molecule has 2 aromatic heterocycles. The smallest absolute Gasteiger partial charge is 0.275 e. The number of hydrogen-bond donors (Lipinski definition) is 2. The lowest BCUT2D eigenvalue weighted by molar-refractivity contribution is 0.102. The van der Waals surface area contributed by atoms with Crippen LogP contribution in [-0.4, -0.2) is 10.9 Å². The van der Waals surface area contributed by atoms with E-state index in [-0.39, 0.29) is 11.9 Å². The van der Waals surface area contributed by atoms with E-state index in [0.29, 0.717) is 5.69 Å². The van der Waals surface area contributed by atoms with Crippen molar-refractivity contribution >= 4 is 44.4 Å². The predicted octanol–water partition coefficient (Wildman–Crippen LogP) is 3.63. The molecule has 3 N–H and O–H groups in total. The minimum absolute atomic E-state index is 0.149. The van der Waals surface area contributed by atoms with E-state index < -0.39 is 0 Å². The zero-order chi connectivity index (χ0) is 14.1. The Morgan fingerprint density at radius 1 is 1.35 bits per heavy atom. The molecule has 3 rings (SSSR count). The molecule has 0 aliphatic carbocycles. The summed E-state index contributed by atoms with van der Waals surface area (Å²) < 4.78 is 1.20. The van der Waals surface area contributed by atoms with Gasteiger partial charge in [-0.1, -0.05) is 0 Å². The lowest BCUT2D eigenvalue weighted by Gasteiger charge is -2.03. The molecule has 1 amide bonds. The molecule has 1 aromatic carbocycles. The lowest BCUT2D eigenvalue weighted by Crippen LogP contribution is -2.13.